The van der Waals surface area contributed by atoms with Gasteiger partial charge >= 0.3 is 0 Å². The maximum absolute atomic E-state index is 12.4. The highest BCUT2D eigenvalue weighted by Crippen LogP contribution is 2.07. The van der Waals surface area contributed by atoms with Crippen molar-refractivity contribution in [1.82, 2.24) is 24.8 Å². The van der Waals surface area contributed by atoms with Crippen LogP contribution < -0.4 is 10.7 Å². The lowest BCUT2D eigenvalue weighted by atomic mass is 10.1. The second-order valence-corrected chi connectivity index (χ2v) is 5.51. The minimum absolute atomic E-state index is 0.0839. The lowest BCUT2D eigenvalue weighted by molar-refractivity contribution is 0.0935. The lowest BCUT2D eigenvalue weighted by Crippen LogP contribution is -2.37. The Morgan fingerprint density at radius 1 is 1.43 bits per heavy atom. The Labute approximate surface area is 132 Å². The quantitative estimate of drug-likeness (QED) is 0.758. The molecule has 7 heteroatoms. The Hall–Kier alpha value is -2.96. The molecule has 1 unspecified atom stereocenters. The number of pyridine rings is 2. The highest BCUT2D eigenvalue weighted by Gasteiger charge is 2.15. The molecule has 0 saturated heterocycles. The fourth-order valence-electron chi connectivity index (χ4n) is 2.43. The Morgan fingerprint density at radius 3 is 3.00 bits per heavy atom. The summed E-state index contributed by atoms with van der Waals surface area (Å²) in [6.07, 6.45) is 6.59. The number of nitrogens with one attached hydrogen (secondary N) is 2. The third kappa shape index (κ3) is 3.13. The van der Waals surface area contributed by atoms with Crippen LogP contribution in [0.4, 0.5) is 0 Å². The van der Waals surface area contributed by atoms with Gasteiger partial charge in [-0.05, 0) is 26.0 Å². The molecule has 1 atom stereocenters. The summed E-state index contributed by atoms with van der Waals surface area (Å²) in [7, 11) is 0. The predicted octanol–water partition coefficient (Wildman–Crippen LogP) is 1.25. The van der Waals surface area contributed by atoms with E-state index in [0.29, 0.717) is 17.6 Å². The Bertz CT molecular complexity index is 898. The van der Waals surface area contributed by atoms with Gasteiger partial charge in [-0.1, -0.05) is 0 Å². The Morgan fingerprint density at radius 2 is 2.26 bits per heavy atom. The summed E-state index contributed by atoms with van der Waals surface area (Å²) in [6, 6.07) is 3.30. The molecule has 3 rings (SSSR count). The Balaban J connectivity index is 1.82. The van der Waals surface area contributed by atoms with Gasteiger partial charge in [-0.2, -0.15) is 0 Å². The zero-order valence-electron chi connectivity index (χ0n) is 12.9. The van der Waals surface area contributed by atoms with E-state index >= 15 is 0 Å². The number of carbonyl (C=O) groups is 1. The average Bonchev–Trinajstić information content (AvgIpc) is 2.99. The van der Waals surface area contributed by atoms with Crippen LogP contribution in [-0.4, -0.2) is 31.5 Å². The van der Waals surface area contributed by atoms with Crippen LogP contribution in [0.5, 0.6) is 0 Å². The number of amides is 1. The monoisotopic (exact) mass is 311 g/mol. The normalized spacial score (nSPS) is 12.3. The van der Waals surface area contributed by atoms with Crippen molar-refractivity contribution in [3.63, 3.8) is 0 Å². The summed E-state index contributed by atoms with van der Waals surface area (Å²) in [5.41, 5.74) is 1.05. The maximum atomic E-state index is 12.4. The van der Waals surface area contributed by atoms with Crippen molar-refractivity contribution in [3.8, 4) is 0 Å². The highest BCUT2D eigenvalue weighted by atomic mass is 16.2. The summed E-state index contributed by atoms with van der Waals surface area (Å²) in [6.45, 7) is 4.30. The van der Waals surface area contributed by atoms with E-state index in [0.717, 1.165) is 5.69 Å². The molecular weight excluding hydrogens is 294 g/mol. The zero-order chi connectivity index (χ0) is 16.4. The molecule has 0 saturated carbocycles. The van der Waals surface area contributed by atoms with Crippen molar-refractivity contribution in [1.29, 1.82) is 0 Å². The molecule has 3 aromatic heterocycles. The topological polar surface area (TPSA) is 92.7 Å². The molecule has 1 amide bonds. The summed E-state index contributed by atoms with van der Waals surface area (Å²) in [4.78, 5) is 35.9. The number of hydrogen-bond acceptors (Lipinski definition) is 4. The molecule has 7 nitrogen and oxygen atoms in total. The van der Waals surface area contributed by atoms with E-state index in [1.165, 1.54) is 6.20 Å². The number of aryl methyl sites for hydroxylation is 1. The van der Waals surface area contributed by atoms with Gasteiger partial charge in [0.2, 0.25) is 5.43 Å². The molecule has 0 fully saturated rings. The van der Waals surface area contributed by atoms with Gasteiger partial charge in [0.1, 0.15) is 11.2 Å². The number of aromatic nitrogens is 4. The molecule has 0 bridgehead atoms. The van der Waals surface area contributed by atoms with Gasteiger partial charge < -0.3 is 14.9 Å². The minimum Gasteiger partial charge on any atom is -0.348 e. The van der Waals surface area contributed by atoms with E-state index < -0.39 is 5.91 Å². The van der Waals surface area contributed by atoms with Crippen molar-refractivity contribution in [2.45, 2.75) is 26.4 Å². The van der Waals surface area contributed by atoms with E-state index in [1.54, 1.807) is 24.7 Å². The Kier molecular flexibility index (Phi) is 3.92. The molecule has 0 aliphatic rings. The van der Waals surface area contributed by atoms with Gasteiger partial charge in [-0.15, -0.1) is 0 Å². The summed E-state index contributed by atoms with van der Waals surface area (Å²) < 4.78 is 1.86. The van der Waals surface area contributed by atoms with E-state index in [4.69, 9.17) is 0 Å². The molecule has 3 aromatic rings. The number of rotatable bonds is 4. The summed E-state index contributed by atoms with van der Waals surface area (Å²) in [5.74, 6) is -0.402. The van der Waals surface area contributed by atoms with Crippen molar-refractivity contribution >= 4 is 16.9 Å². The first-order valence-corrected chi connectivity index (χ1v) is 7.30. The number of nitrogens with zero attached hydrogens (tertiary/aromatic N) is 3. The molecule has 0 spiro atoms. The number of hydrogen-bond donors (Lipinski definition) is 2. The number of fused-ring (bicyclic) bond motifs is 1. The van der Waals surface area contributed by atoms with Crippen molar-refractivity contribution in [3.05, 3.63) is 58.5 Å². The van der Waals surface area contributed by atoms with Crippen molar-refractivity contribution < 1.29 is 4.79 Å². The molecule has 3 heterocycles. The predicted molar refractivity (Wildman–Crippen MR) is 86.3 cm³/mol. The van der Waals surface area contributed by atoms with Crippen LogP contribution in [0.1, 0.15) is 23.0 Å². The van der Waals surface area contributed by atoms with Crippen LogP contribution >= 0.6 is 0 Å². The third-order valence-electron chi connectivity index (χ3n) is 3.54. The molecule has 0 aliphatic carbocycles. The summed E-state index contributed by atoms with van der Waals surface area (Å²) in [5, 5.41) is 3.23. The summed E-state index contributed by atoms with van der Waals surface area (Å²) >= 11 is 0. The van der Waals surface area contributed by atoms with Gasteiger partial charge in [0.15, 0.2) is 0 Å². The first kappa shape index (κ1) is 15.0. The van der Waals surface area contributed by atoms with Crippen LogP contribution in [0, 0.1) is 6.92 Å². The largest absolute Gasteiger partial charge is 0.348 e. The second-order valence-electron chi connectivity index (χ2n) is 5.51. The number of imidazole rings is 1. The van der Waals surface area contributed by atoms with Crippen LogP contribution in [0.15, 0.2) is 41.8 Å². The number of carbonyl (C=O) groups excluding carboxylic acids is 1. The molecule has 118 valence electrons. The van der Waals surface area contributed by atoms with Gasteiger partial charge in [-0.3, -0.25) is 9.59 Å². The SMILES string of the molecule is Cc1ccc2c(=O)c(C(=O)NC(C)Cn3ccnc3)c[nH]c2n1. The second kappa shape index (κ2) is 6.04. The van der Waals surface area contributed by atoms with Gasteiger partial charge in [0.05, 0.1) is 11.7 Å². The lowest BCUT2D eigenvalue weighted by Gasteiger charge is -2.14. The van der Waals surface area contributed by atoms with E-state index in [9.17, 15) is 9.59 Å². The molecule has 2 N–H and O–H groups in total. The van der Waals surface area contributed by atoms with Crippen LogP contribution in [-0.2, 0) is 6.54 Å². The van der Waals surface area contributed by atoms with E-state index in [1.807, 2.05) is 24.6 Å². The smallest absolute Gasteiger partial charge is 0.257 e. The van der Waals surface area contributed by atoms with Crippen LogP contribution in [0.25, 0.3) is 11.0 Å². The van der Waals surface area contributed by atoms with E-state index in [2.05, 4.69) is 20.3 Å². The van der Waals surface area contributed by atoms with Crippen LogP contribution in [0.2, 0.25) is 0 Å². The number of aromatic amines is 1. The average molecular weight is 311 g/mol. The van der Waals surface area contributed by atoms with Gasteiger partial charge in [0.25, 0.3) is 5.91 Å². The number of H-pyrrole nitrogens is 1. The highest BCUT2D eigenvalue weighted by molar-refractivity contribution is 5.96. The minimum atomic E-state index is -0.402. The van der Waals surface area contributed by atoms with Gasteiger partial charge in [-0.25, -0.2) is 9.97 Å². The molecule has 23 heavy (non-hydrogen) atoms. The fraction of sp³-hybridized carbons (Fsp3) is 0.250. The van der Waals surface area contributed by atoms with Gasteiger partial charge in [0, 0.05) is 36.9 Å². The fourth-order valence-corrected chi connectivity index (χ4v) is 2.43. The van der Waals surface area contributed by atoms with E-state index in [-0.39, 0.29) is 17.0 Å². The maximum Gasteiger partial charge on any atom is 0.257 e. The standard InChI is InChI=1S/C16H17N5O2/c1-10-3-4-12-14(22)13(7-18-15(12)19-10)16(23)20-11(2)8-21-6-5-17-9-21/h3-7,9,11H,8H2,1-2H3,(H,20,23)(H,18,19,22). The molecule has 0 radical (unpaired) electrons. The molecular formula is C16H17N5O2. The molecule has 0 aromatic carbocycles. The zero-order valence-corrected chi connectivity index (χ0v) is 12.9. The van der Waals surface area contributed by atoms with Crippen molar-refractivity contribution in [2.75, 3.05) is 0 Å². The first-order valence-electron chi connectivity index (χ1n) is 7.30. The van der Waals surface area contributed by atoms with Crippen LogP contribution in [0.3, 0.4) is 0 Å². The first-order chi connectivity index (χ1) is 11.0. The third-order valence-corrected chi connectivity index (χ3v) is 3.54. The van der Waals surface area contributed by atoms with Crippen molar-refractivity contribution in [2.24, 2.45) is 0 Å². The molecule has 0 aliphatic heterocycles.